The fourth-order valence-corrected chi connectivity index (χ4v) is 3.16. The van der Waals surface area contributed by atoms with Gasteiger partial charge in [0.05, 0.1) is 0 Å². The molecule has 1 heterocycles. The number of nitrogens with zero attached hydrogens (tertiary/aromatic N) is 2. The number of carbonyl (C=O) groups excluding carboxylic acids is 1. The molecule has 116 valence electrons. The van der Waals surface area contributed by atoms with Crippen molar-refractivity contribution in [2.75, 3.05) is 0 Å². The normalized spacial score (nSPS) is 14.4. The largest absolute Gasteiger partial charge is 0.340 e. The van der Waals surface area contributed by atoms with Crippen molar-refractivity contribution < 1.29 is 4.79 Å². The van der Waals surface area contributed by atoms with Gasteiger partial charge in [-0.3, -0.25) is 4.79 Å². The lowest BCUT2D eigenvalue weighted by atomic mass is 10.2. The van der Waals surface area contributed by atoms with E-state index in [0.717, 1.165) is 23.0 Å². The van der Waals surface area contributed by atoms with Crippen molar-refractivity contribution in [3.8, 4) is 0 Å². The first-order valence-corrected chi connectivity index (χ1v) is 8.58. The molecule has 0 unspecified atom stereocenters. The molecule has 0 N–H and O–H groups in total. The number of hydrogen-bond acceptors (Lipinski definition) is 1. The van der Waals surface area contributed by atoms with Crippen LogP contribution in [0.1, 0.15) is 48.8 Å². The molecule has 0 saturated heterocycles. The second-order valence-electron chi connectivity index (χ2n) is 6.19. The second kappa shape index (κ2) is 6.29. The maximum absolute atomic E-state index is 13.1. The van der Waals surface area contributed by atoms with Crippen LogP contribution in [-0.4, -0.2) is 21.4 Å². The van der Waals surface area contributed by atoms with Crippen molar-refractivity contribution in [2.24, 2.45) is 0 Å². The second-order valence-corrected chi connectivity index (χ2v) is 7.11. The Morgan fingerprint density at radius 2 is 2.00 bits per heavy atom. The Kier molecular flexibility index (Phi) is 4.39. The van der Waals surface area contributed by atoms with Crippen LogP contribution in [-0.2, 0) is 6.54 Å². The number of rotatable bonds is 5. The first-order valence-electron chi connectivity index (χ1n) is 7.78. The van der Waals surface area contributed by atoms with Crippen molar-refractivity contribution in [3.05, 3.63) is 58.3 Å². The van der Waals surface area contributed by atoms with Crippen LogP contribution < -0.4 is 0 Å². The summed E-state index contributed by atoms with van der Waals surface area (Å²) in [5, 5.41) is 0. The van der Waals surface area contributed by atoms with Gasteiger partial charge < -0.3 is 9.47 Å². The van der Waals surface area contributed by atoms with Crippen LogP contribution in [0.4, 0.5) is 0 Å². The zero-order valence-corrected chi connectivity index (χ0v) is 14.6. The molecule has 1 aromatic carbocycles. The number of carbonyl (C=O) groups is 1. The monoisotopic (exact) mass is 360 g/mol. The van der Waals surface area contributed by atoms with Crippen LogP contribution in [0.3, 0.4) is 0 Å². The van der Waals surface area contributed by atoms with E-state index in [0.29, 0.717) is 12.6 Å². The molecule has 2 aromatic rings. The highest BCUT2D eigenvalue weighted by atomic mass is 79.9. The molecule has 0 spiro atoms. The maximum Gasteiger partial charge on any atom is 0.271 e. The van der Waals surface area contributed by atoms with E-state index < -0.39 is 0 Å². The predicted molar refractivity (Wildman–Crippen MR) is 91.9 cm³/mol. The molecule has 22 heavy (non-hydrogen) atoms. The lowest BCUT2D eigenvalue weighted by Crippen LogP contribution is -2.34. The first kappa shape index (κ1) is 15.3. The van der Waals surface area contributed by atoms with Gasteiger partial charge in [0.1, 0.15) is 5.69 Å². The average molecular weight is 361 g/mol. The number of hydrogen-bond donors (Lipinski definition) is 0. The highest BCUT2D eigenvalue weighted by molar-refractivity contribution is 9.10. The Morgan fingerprint density at radius 1 is 1.32 bits per heavy atom. The van der Waals surface area contributed by atoms with Crippen LogP contribution in [0.2, 0.25) is 0 Å². The molecule has 0 bridgehead atoms. The average Bonchev–Trinajstić information content (AvgIpc) is 3.26. The Balaban J connectivity index is 1.87. The van der Waals surface area contributed by atoms with Crippen LogP contribution in [0.25, 0.3) is 0 Å². The molecular weight excluding hydrogens is 340 g/mol. The molecule has 1 aliphatic carbocycles. The summed E-state index contributed by atoms with van der Waals surface area (Å²) >= 11 is 3.50. The molecule has 1 fully saturated rings. The predicted octanol–water partition coefficient (Wildman–Crippen LogP) is 4.64. The van der Waals surface area contributed by atoms with E-state index in [1.807, 2.05) is 39.9 Å². The smallest absolute Gasteiger partial charge is 0.271 e. The van der Waals surface area contributed by atoms with Gasteiger partial charge in [0, 0.05) is 29.3 Å². The molecule has 0 radical (unpaired) electrons. The van der Waals surface area contributed by atoms with Crippen molar-refractivity contribution in [2.45, 2.75) is 45.3 Å². The standard InChI is InChI=1S/C18H21BrN2O/c1-13(2)20-12-15(19)10-17(20)18(22)21(16-8-9-16)11-14-6-4-3-5-7-14/h3-7,10,12-13,16H,8-9,11H2,1-2H3. The summed E-state index contributed by atoms with van der Waals surface area (Å²) in [6, 6.07) is 12.8. The van der Waals surface area contributed by atoms with Crippen LogP contribution >= 0.6 is 15.9 Å². The highest BCUT2D eigenvalue weighted by Crippen LogP contribution is 2.31. The zero-order valence-electron chi connectivity index (χ0n) is 13.0. The molecule has 3 nitrogen and oxygen atoms in total. The molecule has 1 aromatic heterocycles. The van der Waals surface area contributed by atoms with E-state index in [1.165, 1.54) is 5.56 Å². The molecule has 0 aliphatic heterocycles. The third-order valence-corrected chi connectivity index (χ3v) is 4.47. The third-order valence-electron chi connectivity index (χ3n) is 4.03. The number of benzene rings is 1. The van der Waals surface area contributed by atoms with Crippen LogP contribution in [0.5, 0.6) is 0 Å². The Hall–Kier alpha value is -1.55. The summed E-state index contributed by atoms with van der Waals surface area (Å²) in [5.74, 6) is 0.130. The number of halogens is 1. The van der Waals surface area contributed by atoms with Crippen LogP contribution in [0, 0.1) is 0 Å². The van der Waals surface area contributed by atoms with Crippen molar-refractivity contribution in [3.63, 3.8) is 0 Å². The lowest BCUT2D eigenvalue weighted by molar-refractivity contribution is 0.0717. The summed E-state index contributed by atoms with van der Waals surface area (Å²) in [5.41, 5.74) is 1.95. The van der Waals surface area contributed by atoms with Crippen molar-refractivity contribution in [1.29, 1.82) is 0 Å². The molecular formula is C18H21BrN2O. The molecule has 0 atom stereocenters. The van der Waals surface area contributed by atoms with E-state index in [9.17, 15) is 4.79 Å². The third kappa shape index (κ3) is 3.27. The number of amides is 1. The fourth-order valence-electron chi connectivity index (χ4n) is 2.72. The Bertz CT molecular complexity index is 659. The van der Waals surface area contributed by atoms with Gasteiger partial charge in [0.25, 0.3) is 5.91 Å². The summed E-state index contributed by atoms with van der Waals surface area (Å²) in [6.07, 6.45) is 4.22. The maximum atomic E-state index is 13.1. The van der Waals surface area contributed by atoms with E-state index in [2.05, 4.69) is 41.9 Å². The summed E-state index contributed by atoms with van der Waals surface area (Å²) < 4.78 is 3.01. The fraction of sp³-hybridized carbons (Fsp3) is 0.389. The van der Waals surface area contributed by atoms with E-state index >= 15 is 0 Å². The van der Waals surface area contributed by atoms with Gasteiger partial charge in [-0.15, -0.1) is 0 Å². The quantitative estimate of drug-likeness (QED) is 0.762. The SMILES string of the molecule is CC(C)n1cc(Br)cc1C(=O)N(Cc1ccccc1)C1CC1. The minimum Gasteiger partial charge on any atom is -0.340 e. The number of aromatic nitrogens is 1. The van der Waals surface area contributed by atoms with E-state index in [1.54, 1.807) is 0 Å². The van der Waals surface area contributed by atoms with Gasteiger partial charge in [0.2, 0.25) is 0 Å². The van der Waals surface area contributed by atoms with Crippen molar-refractivity contribution in [1.82, 2.24) is 9.47 Å². The van der Waals surface area contributed by atoms with E-state index in [4.69, 9.17) is 0 Å². The zero-order chi connectivity index (χ0) is 15.7. The molecule has 1 amide bonds. The molecule has 4 heteroatoms. The first-order chi connectivity index (χ1) is 10.6. The summed E-state index contributed by atoms with van der Waals surface area (Å²) in [6.45, 7) is 4.88. The molecule has 1 saturated carbocycles. The van der Waals surface area contributed by atoms with Crippen LogP contribution in [0.15, 0.2) is 47.1 Å². The van der Waals surface area contributed by atoms with E-state index in [-0.39, 0.29) is 11.9 Å². The highest BCUT2D eigenvalue weighted by Gasteiger charge is 2.34. The van der Waals surface area contributed by atoms with Gasteiger partial charge >= 0.3 is 0 Å². The lowest BCUT2D eigenvalue weighted by Gasteiger charge is -2.24. The minimum atomic E-state index is 0.130. The van der Waals surface area contributed by atoms with Gasteiger partial charge in [-0.05, 0) is 54.2 Å². The minimum absolute atomic E-state index is 0.130. The van der Waals surface area contributed by atoms with Gasteiger partial charge in [-0.25, -0.2) is 0 Å². The summed E-state index contributed by atoms with van der Waals surface area (Å²) in [7, 11) is 0. The van der Waals surface area contributed by atoms with Gasteiger partial charge in [0.15, 0.2) is 0 Å². The van der Waals surface area contributed by atoms with Gasteiger partial charge in [-0.2, -0.15) is 0 Å². The molecule has 1 aliphatic rings. The topological polar surface area (TPSA) is 25.2 Å². The van der Waals surface area contributed by atoms with Gasteiger partial charge in [-0.1, -0.05) is 30.3 Å². The van der Waals surface area contributed by atoms with Crippen molar-refractivity contribution >= 4 is 21.8 Å². The summed E-state index contributed by atoms with van der Waals surface area (Å²) in [4.78, 5) is 15.1. The Morgan fingerprint density at radius 3 is 2.59 bits per heavy atom. The molecule has 3 rings (SSSR count). The Labute approximate surface area is 140 Å².